The van der Waals surface area contributed by atoms with Crippen LogP contribution in [-0.2, 0) is 0 Å². The molecule has 0 amide bonds. The molecule has 0 fully saturated rings. The molecule has 98 valence electrons. The fourth-order valence-corrected chi connectivity index (χ4v) is 1.93. The van der Waals surface area contributed by atoms with Crippen molar-refractivity contribution in [2.45, 2.75) is 18.6 Å². The molecule has 0 aromatic heterocycles. The van der Waals surface area contributed by atoms with E-state index in [0.29, 0.717) is 23.9 Å². The Morgan fingerprint density at radius 2 is 1.94 bits per heavy atom. The Morgan fingerprint density at radius 1 is 1.33 bits per heavy atom. The number of hydrogen-bond acceptors (Lipinski definition) is 4. The summed E-state index contributed by atoms with van der Waals surface area (Å²) in [6.45, 7) is 0.669. The van der Waals surface area contributed by atoms with Crippen molar-refractivity contribution < 1.29 is 10.2 Å². The van der Waals surface area contributed by atoms with Crippen LogP contribution in [0.3, 0.4) is 0 Å². The molecule has 0 heterocycles. The van der Waals surface area contributed by atoms with Gasteiger partial charge in [0.05, 0.1) is 18.6 Å². The van der Waals surface area contributed by atoms with Gasteiger partial charge in [-0.15, -0.1) is 0 Å². The summed E-state index contributed by atoms with van der Waals surface area (Å²) in [6.07, 6.45) is -1.22. The zero-order valence-electron chi connectivity index (χ0n) is 10.3. The van der Waals surface area contributed by atoms with Crippen molar-refractivity contribution in [3.63, 3.8) is 0 Å². The second kappa shape index (κ2) is 7.37. The van der Waals surface area contributed by atoms with Gasteiger partial charge in [-0.2, -0.15) is 5.26 Å². The molecule has 1 aromatic rings. The molecule has 0 aliphatic heterocycles. The van der Waals surface area contributed by atoms with Crippen LogP contribution in [0.4, 0.5) is 5.69 Å². The summed E-state index contributed by atoms with van der Waals surface area (Å²) in [5.41, 5.74) is 1.66. The van der Waals surface area contributed by atoms with Crippen LogP contribution in [-0.4, -0.2) is 35.2 Å². The van der Waals surface area contributed by atoms with E-state index in [1.165, 1.54) is 0 Å². The summed E-state index contributed by atoms with van der Waals surface area (Å²) in [4.78, 5) is 1.97. The lowest BCUT2D eigenvalue weighted by Gasteiger charge is -2.20. The highest BCUT2D eigenvalue weighted by atomic mass is 79.9. The number of rotatable bonds is 6. The average molecular weight is 313 g/mol. The fraction of sp³-hybridized carbons (Fsp3) is 0.462. The first kappa shape index (κ1) is 15.0. The molecule has 0 aliphatic rings. The molecule has 18 heavy (non-hydrogen) atoms. The van der Waals surface area contributed by atoms with Crippen LogP contribution in [0.5, 0.6) is 0 Å². The summed E-state index contributed by atoms with van der Waals surface area (Å²) in [5, 5.41) is 28.2. The third kappa shape index (κ3) is 3.98. The number of aliphatic hydroxyl groups is 2. The topological polar surface area (TPSA) is 67.5 Å². The number of halogens is 1. The van der Waals surface area contributed by atoms with E-state index in [2.05, 4.69) is 22.0 Å². The van der Waals surface area contributed by atoms with Crippen molar-refractivity contribution in [2.75, 3.05) is 23.8 Å². The van der Waals surface area contributed by atoms with Crippen LogP contribution >= 0.6 is 15.9 Å². The molecule has 2 N–H and O–H groups in total. The number of anilines is 1. The molecule has 0 bridgehead atoms. The number of nitrogens with zero attached hydrogens (tertiary/aromatic N) is 2. The molecule has 5 heteroatoms. The van der Waals surface area contributed by atoms with E-state index in [1.807, 2.05) is 24.1 Å². The highest BCUT2D eigenvalue weighted by Crippen LogP contribution is 2.21. The van der Waals surface area contributed by atoms with Gasteiger partial charge in [0, 0.05) is 24.6 Å². The molecule has 2 atom stereocenters. The number of nitriles is 1. The van der Waals surface area contributed by atoms with Gasteiger partial charge >= 0.3 is 0 Å². The first-order chi connectivity index (χ1) is 8.60. The Hall–Kier alpha value is -1.09. The SMILES string of the molecule is CN(CCC#N)c1ccc(C(O)C(O)CBr)cc1. The van der Waals surface area contributed by atoms with Gasteiger partial charge in [-0.05, 0) is 17.7 Å². The maximum Gasteiger partial charge on any atom is 0.106 e. The minimum atomic E-state index is -0.886. The van der Waals surface area contributed by atoms with Crippen LogP contribution in [0.15, 0.2) is 24.3 Å². The highest BCUT2D eigenvalue weighted by molar-refractivity contribution is 9.09. The van der Waals surface area contributed by atoms with Crippen LogP contribution < -0.4 is 4.90 Å². The Morgan fingerprint density at radius 3 is 2.44 bits per heavy atom. The quantitative estimate of drug-likeness (QED) is 0.786. The summed E-state index contributed by atoms with van der Waals surface area (Å²) in [7, 11) is 1.91. The van der Waals surface area contributed by atoms with Crippen LogP contribution in [0.2, 0.25) is 0 Å². The maximum atomic E-state index is 9.82. The molecule has 0 spiro atoms. The van der Waals surface area contributed by atoms with Gasteiger partial charge in [0.15, 0.2) is 0 Å². The zero-order valence-corrected chi connectivity index (χ0v) is 11.8. The predicted octanol–water partition coefficient (Wildman–Crippen LogP) is 1.83. The summed E-state index contributed by atoms with van der Waals surface area (Å²) < 4.78 is 0. The van der Waals surface area contributed by atoms with Gasteiger partial charge in [0.25, 0.3) is 0 Å². The molecular formula is C13H17BrN2O2. The van der Waals surface area contributed by atoms with Crippen molar-refractivity contribution >= 4 is 21.6 Å². The highest BCUT2D eigenvalue weighted by Gasteiger charge is 2.16. The first-order valence-electron chi connectivity index (χ1n) is 5.70. The van der Waals surface area contributed by atoms with Crippen LogP contribution in [0.1, 0.15) is 18.1 Å². The largest absolute Gasteiger partial charge is 0.389 e. The summed E-state index contributed by atoms with van der Waals surface area (Å²) >= 11 is 3.13. The molecule has 0 aliphatic carbocycles. The van der Waals surface area contributed by atoms with E-state index in [4.69, 9.17) is 5.26 Å². The van der Waals surface area contributed by atoms with Gasteiger partial charge in [-0.3, -0.25) is 0 Å². The first-order valence-corrected chi connectivity index (χ1v) is 6.82. The fourth-order valence-electron chi connectivity index (χ4n) is 1.58. The normalized spacial score (nSPS) is 13.7. The maximum absolute atomic E-state index is 9.82. The molecule has 2 unspecified atom stereocenters. The van der Waals surface area contributed by atoms with Gasteiger partial charge in [0.1, 0.15) is 6.10 Å². The molecule has 1 aromatic carbocycles. The Labute approximate surface area is 116 Å². The lowest BCUT2D eigenvalue weighted by Crippen LogP contribution is -2.20. The number of benzene rings is 1. The van der Waals surface area contributed by atoms with Gasteiger partial charge in [-0.1, -0.05) is 28.1 Å². The smallest absolute Gasteiger partial charge is 0.106 e. The van der Waals surface area contributed by atoms with E-state index >= 15 is 0 Å². The summed E-state index contributed by atoms with van der Waals surface area (Å²) in [5.74, 6) is 0. The lowest BCUT2D eigenvalue weighted by atomic mass is 10.1. The van der Waals surface area contributed by atoms with Crippen LogP contribution in [0, 0.1) is 11.3 Å². The van der Waals surface area contributed by atoms with E-state index < -0.39 is 12.2 Å². The molecule has 0 radical (unpaired) electrons. The Bertz CT molecular complexity index is 402. The molecule has 0 saturated carbocycles. The predicted molar refractivity (Wildman–Crippen MR) is 74.7 cm³/mol. The molecular weight excluding hydrogens is 296 g/mol. The van der Waals surface area contributed by atoms with Gasteiger partial charge in [0.2, 0.25) is 0 Å². The van der Waals surface area contributed by atoms with Crippen molar-refractivity contribution in [1.82, 2.24) is 0 Å². The molecule has 4 nitrogen and oxygen atoms in total. The van der Waals surface area contributed by atoms with E-state index in [1.54, 1.807) is 12.1 Å². The van der Waals surface area contributed by atoms with Gasteiger partial charge in [-0.25, -0.2) is 0 Å². The molecule has 0 saturated heterocycles. The van der Waals surface area contributed by atoms with Crippen molar-refractivity contribution in [3.8, 4) is 6.07 Å². The second-order valence-electron chi connectivity index (χ2n) is 4.09. The zero-order chi connectivity index (χ0) is 13.5. The van der Waals surface area contributed by atoms with Crippen LogP contribution in [0.25, 0.3) is 0 Å². The Balaban J connectivity index is 2.71. The third-order valence-electron chi connectivity index (χ3n) is 2.76. The number of alkyl halides is 1. The summed E-state index contributed by atoms with van der Waals surface area (Å²) in [6, 6.07) is 9.42. The average Bonchev–Trinajstić information content (AvgIpc) is 2.43. The minimum absolute atomic E-state index is 0.331. The number of aliphatic hydroxyl groups excluding tert-OH is 2. The van der Waals surface area contributed by atoms with E-state index in [0.717, 1.165) is 5.69 Å². The lowest BCUT2D eigenvalue weighted by molar-refractivity contribution is 0.0343. The standard InChI is InChI=1S/C13H17BrN2O2/c1-16(8-2-7-15)11-5-3-10(4-6-11)13(18)12(17)9-14/h3-6,12-13,17-18H,2,8-9H2,1H3. The Kier molecular flexibility index (Phi) is 6.13. The monoisotopic (exact) mass is 312 g/mol. The van der Waals surface area contributed by atoms with E-state index in [-0.39, 0.29) is 0 Å². The van der Waals surface area contributed by atoms with Crippen molar-refractivity contribution in [3.05, 3.63) is 29.8 Å². The van der Waals surface area contributed by atoms with Crippen molar-refractivity contribution in [1.29, 1.82) is 5.26 Å². The van der Waals surface area contributed by atoms with Gasteiger partial charge < -0.3 is 15.1 Å². The molecule has 1 rings (SSSR count). The second-order valence-corrected chi connectivity index (χ2v) is 4.74. The number of hydrogen-bond donors (Lipinski definition) is 2. The van der Waals surface area contributed by atoms with Crippen molar-refractivity contribution in [2.24, 2.45) is 0 Å². The van der Waals surface area contributed by atoms with E-state index in [9.17, 15) is 10.2 Å². The minimum Gasteiger partial charge on any atom is -0.389 e. The third-order valence-corrected chi connectivity index (χ3v) is 3.42.